The summed E-state index contributed by atoms with van der Waals surface area (Å²) in [6.45, 7) is 3.25. The van der Waals surface area contributed by atoms with E-state index in [9.17, 15) is 9.59 Å². The van der Waals surface area contributed by atoms with Crippen LogP contribution < -0.4 is 5.73 Å². The SMILES string of the molecule is CCC(C(=O)O)C(C)C(N)=O. The molecule has 0 bridgehead atoms. The van der Waals surface area contributed by atoms with E-state index in [1.54, 1.807) is 6.92 Å². The molecule has 0 spiro atoms. The minimum absolute atomic E-state index is 0.430. The van der Waals surface area contributed by atoms with Crippen LogP contribution in [0.1, 0.15) is 20.3 Å². The first-order chi connectivity index (χ1) is 5.00. The largest absolute Gasteiger partial charge is 0.481 e. The Morgan fingerprint density at radius 3 is 2.09 bits per heavy atom. The fourth-order valence-corrected chi connectivity index (χ4v) is 0.940. The number of primary amides is 1. The summed E-state index contributed by atoms with van der Waals surface area (Å²) in [6, 6.07) is 0. The first-order valence-electron chi connectivity index (χ1n) is 3.52. The zero-order chi connectivity index (χ0) is 9.02. The summed E-state index contributed by atoms with van der Waals surface area (Å²) in [4.78, 5) is 21.0. The van der Waals surface area contributed by atoms with Crippen LogP contribution in [0.5, 0.6) is 0 Å². The van der Waals surface area contributed by atoms with Gasteiger partial charge in [0.25, 0.3) is 0 Å². The van der Waals surface area contributed by atoms with E-state index in [4.69, 9.17) is 10.8 Å². The molecule has 2 atom stereocenters. The first-order valence-corrected chi connectivity index (χ1v) is 3.52. The highest BCUT2D eigenvalue weighted by Crippen LogP contribution is 2.14. The summed E-state index contributed by atoms with van der Waals surface area (Å²) >= 11 is 0. The third-order valence-electron chi connectivity index (χ3n) is 1.81. The fourth-order valence-electron chi connectivity index (χ4n) is 0.940. The summed E-state index contributed by atoms with van der Waals surface area (Å²) in [5, 5.41) is 8.58. The highest BCUT2D eigenvalue weighted by Gasteiger charge is 2.26. The van der Waals surface area contributed by atoms with Crippen molar-refractivity contribution in [3.63, 3.8) is 0 Å². The van der Waals surface area contributed by atoms with Crippen molar-refractivity contribution in [2.75, 3.05) is 0 Å². The monoisotopic (exact) mass is 159 g/mol. The Morgan fingerprint density at radius 2 is 2.00 bits per heavy atom. The van der Waals surface area contributed by atoms with E-state index in [1.807, 2.05) is 0 Å². The molecule has 0 aliphatic rings. The Labute approximate surface area is 65.4 Å². The number of carbonyl (C=O) groups is 2. The highest BCUT2D eigenvalue weighted by molar-refractivity contribution is 5.83. The molecule has 11 heavy (non-hydrogen) atoms. The Kier molecular flexibility index (Phi) is 3.57. The highest BCUT2D eigenvalue weighted by atomic mass is 16.4. The molecule has 0 aliphatic heterocycles. The van der Waals surface area contributed by atoms with Gasteiger partial charge in [0.05, 0.1) is 5.92 Å². The summed E-state index contributed by atoms with van der Waals surface area (Å²) < 4.78 is 0. The van der Waals surface area contributed by atoms with Crippen LogP contribution in [0, 0.1) is 11.8 Å². The van der Waals surface area contributed by atoms with Crippen molar-refractivity contribution < 1.29 is 14.7 Å². The van der Waals surface area contributed by atoms with E-state index in [2.05, 4.69) is 0 Å². The van der Waals surface area contributed by atoms with Crippen molar-refractivity contribution in [2.45, 2.75) is 20.3 Å². The Hall–Kier alpha value is -1.06. The number of hydrogen-bond acceptors (Lipinski definition) is 2. The van der Waals surface area contributed by atoms with Gasteiger partial charge in [0.2, 0.25) is 5.91 Å². The predicted molar refractivity (Wildman–Crippen MR) is 39.8 cm³/mol. The van der Waals surface area contributed by atoms with Crippen LogP contribution in [-0.2, 0) is 9.59 Å². The van der Waals surface area contributed by atoms with E-state index in [1.165, 1.54) is 6.92 Å². The Balaban J connectivity index is 4.25. The Bertz CT molecular complexity index is 167. The van der Waals surface area contributed by atoms with Crippen LogP contribution in [0.2, 0.25) is 0 Å². The van der Waals surface area contributed by atoms with Crippen molar-refractivity contribution in [1.29, 1.82) is 0 Å². The maximum Gasteiger partial charge on any atom is 0.307 e. The van der Waals surface area contributed by atoms with Crippen molar-refractivity contribution in [1.82, 2.24) is 0 Å². The van der Waals surface area contributed by atoms with Crippen molar-refractivity contribution >= 4 is 11.9 Å². The second-order valence-electron chi connectivity index (χ2n) is 2.54. The van der Waals surface area contributed by atoms with Crippen LogP contribution in [0.25, 0.3) is 0 Å². The molecule has 0 aliphatic carbocycles. The second kappa shape index (κ2) is 3.95. The lowest BCUT2D eigenvalue weighted by atomic mass is 9.91. The zero-order valence-corrected chi connectivity index (χ0v) is 6.70. The van der Waals surface area contributed by atoms with Crippen molar-refractivity contribution in [3.05, 3.63) is 0 Å². The zero-order valence-electron chi connectivity index (χ0n) is 6.70. The molecule has 0 heterocycles. The van der Waals surface area contributed by atoms with Gasteiger partial charge in [-0.3, -0.25) is 9.59 Å². The number of aliphatic carboxylic acids is 1. The smallest absolute Gasteiger partial charge is 0.307 e. The van der Waals surface area contributed by atoms with Crippen LogP contribution in [0.4, 0.5) is 0 Å². The molecule has 0 radical (unpaired) electrons. The maximum absolute atomic E-state index is 10.6. The summed E-state index contributed by atoms with van der Waals surface area (Å²) in [5.41, 5.74) is 4.95. The van der Waals surface area contributed by atoms with Crippen LogP contribution in [-0.4, -0.2) is 17.0 Å². The molecule has 1 amide bonds. The lowest BCUT2D eigenvalue weighted by Gasteiger charge is -2.14. The van der Waals surface area contributed by atoms with Gasteiger partial charge in [-0.25, -0.2) is 0 Å². The minimum atomic E-state index is -0.959. The molecule has 0 aromatic carbocycles. The molecule has 4 heteroatoms. The van der Waals surface area contributed by atoms with E-state index in [0.29, 0.717) is 6.42 Å². The molecule has 0 rings (SSSR count). The van der Waals surface area contributed by atoms with Crippen molar-refractivity contribution in [3.8, 4) is 0 Å². The Morgan fingerprint density at radius 1 is 1.55 bits per heavy atom. The van der Waals surface area contributed by atoms with Crippen LogP contribution in [0.3, 0.4) is 0 Å². The third-order valence-corrected chi connectivity index (χ3v) is 1.81. The molecular weight excluding hydrogens is 146 g/mol. The van der Waals surface area contributed by atoms with Gasteiger partial charge in [-0.15, -0.1) is 0 Å². The van der Waals surface area contributed by atoms with E-state index in [0.717, 1.165) is 0 Å². The van der Waals surface area contributed by atoms with Gasteiger partial charge >= 0.3 is 5.97 Å². The number of amides is 1. The van der Waals surface area contributed by atoms with E-state index >= 15 is 0 Å². The van der Waals surface area contributed by atoms with Gasteiger partial charge in [-0.1, -0.05) is 13.8 Å². The van der Waals surface area contributed by atoms with Crippen molar-refractivity contribution in [2.24, 2.45) is 17.6 Å². The average Bonchev–Trinajstić information content (AvgIpc) is 1.88. The lowest BCUT2D eigenvalue weighted by molar-refractivity contribution is -0.146. The molecule has 4 nitrogen and oxygen atoms in total. The normalized spacial score (nSPS) is 15.5. The van der Waals surface area contributed by atoms with Crippen LogP contribution >= 0.6 is 0 Å². The van der Waals surface area contributed by atoms with Gasteiger partial charge in [0.1, 0.15) is 0 Å². The number of carboxylic acid groups (broad SMARTS) is 1. The number of nitrogens with two attached hydrogens (primary N) is 1. The van der Waals surface area contributed by atoms with Crippen LogP contribution in [0.15, 0.2) is 0 Å². The van der Waals surface area contributed by atoms with Gasteiger partial charge < -0.3 is 10.8 Å². The molecule has 0 saturated heterocycles. The second-order valence-corrected chi connectivity index (χ2v) is 2.54. The summed E-state index contributed by atoms with van der Waals surface area (Å²) in [6.07, 6.45) is 0.430. The molecule has 2 unspecified atom stereocenters. The molecule has 0 aromatic heterocycles. The first kappa shape index (κ1) is 9.94. The molecule has 0 saturated carbocycles. The van der Waals surface area contributed by atoms with Gasteiger partial charge in [-0.2, -0.15) is 0 Å². The maximum atomic E-state index is 10.6. The fraction of sp³-hybridized carbons (Fsp3) is 0.714. The quantitative estimate of drug-likeness (QED) is 0.615. The molecule has 64 valence electrons. The number of rotatable bonds is 4. The average molecular weight is 159 g/mol. The standard InChI is InChI=1S/C7H13NO3/c1-3-5(7(10)11)4(2)6(8)9/h4-5H,3H2,1-2H3,(H2,8,9)(H,10,11). The molecule has 3 N–H and O–H groups in total. The topological polar surface area (TPSA) is 80.4 Å². The third kappa shape index (κ3) is 2.57. The van der Waals surface area contributed by atoms with Gasteiger partial charge in [0, 0.05) is 5.92 Å². The number of hydrogen-bond donors (Lipinski definition) is 2. The summed E-state index contributed by atoms with van der Waals surface area (Å²) in [5.74, 6) is -2.75. The molecular formula is C7H13NO3. The van der Waals surface area contributed by atoms with Gasteiger partial charge in [0.15, 0.2) is 0 Å². The number of carbonyl (C=O) groups excluding carboxylic acids is 1. The lowest BCUT2D eigenvalue weighted by Crippen LogP contribution is -2.31. The predicted octanol–water partition coefficient (Wildman–Crippen LogP) is 0.219. The minimum Gasteiger partial charge on any atom is -0.481 e. The van der Waals surface area contributed by atoms with E-state index < -0.39 is 23.7 Å². The van der Waals surface area contributed by atoms with Gasteiger partial charge in [-0.05, 0) is 6.42 Å². The number of carboxylic acids is 1. The molecule has 0 fully saturated rings. The summed E-state index contributed by atoms with van der Waals surface area (Å²) in [7, 11) is 0. The van der Waals surface area contributed by atoms with E-state index in [-0.39, 0.29) is 0 Å². The molecule has 0 aromatic rings.